The number of aliphatic carboxylic acids is 1. The van der Waals surface area contributed by atoms with Gasteiger partial charge in [0.2, 0.25) is 6.29 Å². The van der Waals surface area contributed by atoms with Crippen molar-refractivity contribution >= 4 is 23.5 Å². The molecule has 2 heterocycles. The van der Waals surface area contributed by atoms with Gasteiger partial charge in [-0.25, -0.2) is 0 Å². The highest BCUT2D eigenvalue weighted by Gasteiger charge is 2.49. The van der Waals surface area contributed by atoms with Crippen LogP contribution in [0.4, 0.5) is 5.69 Å². The predicted molar refractivity (Wildman–Crippen MR) is 134 cm³/mol. The fraction of sp³-hybridized carbons (Fsp3) is 0.654. The van der Waals surface area contributed by atoms with Gasteiger partial charge in [0.25, 0.3) is 5.91 Å². The zero-order valence-electron chi connectivity index (χ0n) is 22.1. The number of anilines is 1. The Morgan fingerprint density at radius 2 is 1.71 bits per heavy atom. The number of aliphatic hydroxyl groups is 3. The van der Waals surface area contributed by atoms with Crippen molar-refractivity contribution < 1.29 is 49.0 Å². The first-order valence-electron chi connectivity index (χ1n) is 12.8. The van der Waals surface area contributed by atoms with E-state index in [1.807, 2.05) is 13.8 Å². The molecule has 0 radical (unpaired) electrons. The summed E-state index contributed by atoms with van der Waals surface area (Å²) in [4.78, 5) is 37.6. The third-order valence-corrected chi connectivity index (χ3v) is 6.55. The fourth-order valence-corrected chi connectivity index (χ4v) is 4.31. The summed E-state index contributed by atoms with van der Waals surface area (Å²) in [5.74, 6) is -2.55. The molecule has 2 aliphatic rings. The van der Waals surface area contributed by atoms with Crippen LogP contribution in [0.3, 0.4) is 0 Å². The Hall–Kier alpha value is -2.93. The molecule has 5 N–H and O–H groups in total. The maximum Gasteiger partial charge on any atom is 0.308 e. The zero-order chi connectivity index (χ0) is 28.1. The van der Waals surface area contributed by atoms with Crippen molar-refractivity contribution in [2.75, 3.05) is 18.4 Å². The van der Waals surface area contributed by atoms with Crippen LogP contribution < -0.4 is 10.1 Å². The Morgan fingerprint density at radius 1 is 1.05 bits per heavy atom. The Labute approximate surface area is 221 Å². The first-order chi connectivity index (χ1) is 17.9. The summed E-state index contributed by atoms with van der Waals surface area (Å²) >= 11 is 0. The molecule has 0 aliphatic carbocycles. The largest absolute Gasteiger partial charge is 0.481 e. The van der Waals surface area contributed by atoms with Crippen molar-refractivity contribution in [2.24, 2.45) is 11.8 Å². The second kappa shape index (κ2) is 12.7. The van der Waals surface area contributed by atoms with Gasteiger partial charge in [-0.3, -0.25) is 14.4 Å². The number of benzene rings is 1. The minimum Gasteiger partial charge on any atom is -0.481 e. The predicted octanol–water partition coefficient (Wildman–Crippen LogP) is 0.716. The number of carbonyl (C=O) groups is 3. The Bertz CT molecular complexity index is 992. The third kappa shape index (κ3) is 7.13. The number of aliphatic hydroxyl groups excluding tert-OH is 3. The summed E-state index contributed by atoms with van der Waals surface area (Å²) in [5, 5.41) is 44.1. The van der Waals surface area contributed by atoms with E-state index in [0.29, 0.717) is 11.3 Å². The van der Waals surface area contributed by atoms with Gasteiger partial charge in [-0.05, 0) is 44.4 Å². The van der Waals surface area contributed by atoms with E-state index in [2.05, 4.69) is 5.32 Å². The van der Waals surface area contributed by atoms with Gasteiger partial charge in [0, 0.05) is 19.1 Å². The van der Waals surface area contributed by atoms with Crippen LogP contribution in [0.15, 0.2) is 18.2 Å². The second-order valence-corrected chi connectivity index (χ2v) is 10.3. The van der Waals surface area contributed by atoms with Gasteiger partial charge in [-0.15, -0.1) is 0 Å². The van der Waals surface area contributed by atoms with Crippen LogP contribution in [0, 0.1) is 11.8 Å². The maximum atomic E-state index is 13.1. The van der Waals surface area contributed by atoms with Crippen LogP contribution in [0.1, 0.15) is 46.1 Å². The molecule has 212 valence electrons. The molecule has 12 nitrogen and oxygen atoms in total. The van der Waals surface area contributed by atoms with Crippen molar-refractivity contribution in [3.8, 4) is 5.75 Å². The van der Waals surface area contributed by atoms with Crippen LogP contribution in [-0.2, 0) is 30.5 Å². The molecule has 0 bridgehead atoms. The number of carboxylic acids is 1. The van der Waals surface area contributed by atoms with Gasteiger partial charge in [-0.2, -0.15) is 0 Å². The van der Waals surface area contributed by atoms with Crippen LogP contribution >= 0.6 is 0 Å². The molecule has 0 spiro atoms. The summed E-state index contributed by atoms with van der Waals surface area (Å²) in [5.41, 5.74) is 1.14. The number of carboxylic acid groups (broad SMARTS) is 1. The minimum atomic E-state index is -1.74. The summed E-state index contributed by atoms with van der Waals surface area (Å²) in [6.45, 7) is 7.57. The summed E-state index contributed by atoms with van der Waals surface area (Å²) < 4.78 is 16.9. The summed E-state index contributed by atoms with van der Waals surface area (Å²) in [6, 6.07) is 5.06. The number of hydrogen-bond donors (Lipinski definition) is 5. The molecule has 0 aromatic heterocycles. The molecule has 2 aliphatic heterocycles. The molecule has 2 saturated heterocycles. The SMILES string of the molecule is CC(C)Nc1ccc(COC(=O)C(C)C)cc1O[C@@H]1O[C@H](C(=O)N2CCC(C(=O)O)CC2)[C@@H](O)[C@H](O)[C@H]1O. The molecule has 5 atom stereocenters. The summed E-state index contributed by atoms with van der Waals surface area (Å²) in [7, 11) is 0. The lowest BCUT2D eigenvalue weighted by Crippen LogP contribution is -2.63. The van der Waals surface area contributed by atoms with E-state index >= 15 is 0 Å². The number of hydrogen-bond acceptors (Lipinski definition) is 10. The van der Waals surface area contributed by atoms with Crippen molar-refractivity contribution in [3.05, 3.63) is 23.8 Å². The zero-order valence-corrected chi connectivity index (χ0v) is 22.1. The molecule has 0 unspecified atom stereocenters. The van der Waals surface area contributed by atoms with Crippen LogP contribution in [-0.4, -0.2) is 93.0 Å². The number of esters is 1. The number of piperidine rings is 1. The van der Waals surface area contributed by atoms with Gasteiger partial charge in [-0.1, -0.05) is 19.9 Å². The lowest BCUT2D eigenvalue weighted by molar-refractivity contribution is -0.269. The van der Waals surface area contributed by atoms with Gasteiger partial charge >= 0.3 is 11.9 Å². The number of likely N-dealkylation sites (tertiary alicyclic amines) is 1. The Balaban J connectivity index is 1.78. The molecule has 1 aromatic carbocycles. The Kier molecular flexibility index (Phi) is 9.94. The number of ether oxygens (including phenoxy) is 3. The highest BCUT2D eigenvalue weighted by Crippen LogP contribution is 2.32. The molecule has 38 heavy (non-hydrogen) atoms. The quantitative estimate of drug-likeness (QED) is 0.280. The van der Waals surface area contributed by atoms with Crippen molar-refractivity contribution in [2.45, 2.75) is 83.9 Å². The van der Waals surface area contributed by atoms with E-state index in [9.17, 15) is 34.8 Å². The fourth-order valence-electron chi connectivity index (χ4n) is 4.31. The average Bonchev–Trinajstić information content (AvgIpc) is 2.88. The van der Waals surface area contributed by atoms with E-state index in [1.165, 1.54) is 4.90 Å². The summed E-state index contributed by atoms with van der Waals surface area (Å²) in [6.07, 6.45) is -7.67. The molecule has 1 aromatic rings. The monoisotopic (exact) mass is 538 g/mol. The lowest BCUT2D eigenvalue weighted by atomic mass is 9.94. The molecular formula is C26H38N2O10. The number of nitrogens with zero attached hydrogens (tertiary/aromatic N) is 1. The molecule has 2 fully saturated rings. The van der Waals surface area contributed by atoms with Crippen LogP contribution in [0.5, 0.6) is 5.75 Å². The van der Waals surface area contributed by atoms with Crippen LogP contribution in [0.2, 0.25) is 0 Å². The maximum absolute atomic E-state index is 13.1. The molecule has 0 saturated carbocycles. The van der Waals surface area contributed by atoms with E-state index in [4.69, 9.17) is 14.2 Å². The van der Waals surface area contributed by atoms with E-state index in [1.54, 1.807) is 32.0 Å². The van der Waals surface area contributed by atoms with E-state index in [0.717, 1.165) is 0 Å². The third-order valence-electron chi connectivity index (χ3n) is 6.55. The second-order valence-electron chi connectivity index (χ2n) is 10.3. The van der Waals surface area contributed by atoms with Crippen LogP contribution in [0.25, 0.3) is 0 Å². The lowest BCUT2D eigenvalue weighted by Gasteiger charge is -2.42. The Morgan fingerprint density at radius 3 is 2.29 bits per heavy atom. The standard InChI is InChI=1S/C26H38N2O10/c1-13(2)25(35)36-12-15-5-6-17(27-14(3)4)18(11-15)37-26-21(31)19(29)20(30)22(38-26)23(32)28-9-7-16(8-10-28)24(33)34/h5-6,11,13-14,16,19-22,26-27,29-31H,7-10,12H2,1-4H3,(H,33,34)/t19-,20-,21+,22-,26+/m0/s1. The number of amides is 1. The topological polar surface area (TPSA) is 175 Å². The van der Waals surface area contributed by atoms with Gasteiger partial charge in [0.1, 0.15) is 30.7 Å². The van der Waals surface area contributed by atoms with E-state index < -0.39 is 48.5 Å². The average molecular weight is 539 g/mol. The number of carbonyl (C=O) groups excluding carboxylic acids is 2. The van der Waals surface area contributed by atoms with Crippen molar-refractivity contribution in [3.63, 3.8) is 0 Å². The minimum absolute atomic E-state index is 0.00892. The first-order valence-corrected chi connectivity index (χ1v) is 12.8. The highest BCUT2D eigenvalue weighted by molar-refractivity contribution is 5.82. The normalized spacial score (nSPS) is 26.3. The van der Waals surface area contributed by atoms with Crippen molar-refractivity contribution in [1.29, 1.82) is 0 Å². The number of rotatable bonds is 9. The highest BCUT2D eigenvalue weighted by atomic mass is 16.7. The molecule has 1 amide bonds. The number of nitrogens with one attached hydrogen (secondary N) is 1. The van der Waals surface area contributed by atoms with Gasteiger partial charge in [0.15, 0.2) is 6.10 Å². The smallest absolute Gasteiger partial charge is 0.308 e. The van der Waals surface area contributed by atoms with Gasteiger partial charge in [0.05, 0.1) is 17.5 Å². The molecular weight excluding hydrogens is 500 g/mol. The molecule has 12 heteroatoms. The first kappa shape index (κ1) is 29.6. The van der Waals surface area contributed by atoms with E-state index in [-0.39, 0.29) is 56.2 Å². The molecule has 3 rings (SSSR count). The van der Waals surface area contributed by atoms with Gasteiger partial charge < -0.3 is 44.9 Å². The van der Waals surface area contributed by atoms with Crippen molar-refractivity contribution in [1.82, 2.24) is 4.90 Å².